The van der Waals surface area contributed by atoms with Crippen molar-refractivity contribution in [2.75, 3.05) is 20.0 Å². The molecule has 2 aromatic rings. The van der Waals surface area contributed by atoms with Gasteiger partial charge < -0.3 is 13.9 Å². The summed E-state index contributed by atoms with van der Waals surface area (Å²) in [5, 5.41) is 0.281. The van der Waals surface area contributed by atoms with E-state index >= 15 is 0 Å². The molecule has 5 nitrogen and oxygen atoms in total. The third kappa shape index (κ3) is 3.21. The van der Waals surface area contributed by atoms with Crippen LogP contribution in [0, 0.1) is 0 Å². The lowest BCUT2D eigenvalue weighted by Gasteiger charge is -2.08. The highest BCUT2D eigenvalue weighted by atomic mass is 32.2. The monoisotopic (exact) mass is 308 g/mol. The van der Waals surface area contributed by atoms with Gasteiger partial charge in [0, 0.05) is 17.9 Å². The molecule has 0 saturated heterocycles. The minimum Gasteiger partial charge on any atom is -0.496 e. The van der Waals surface area contributed by atoms with E-state index in [0.29, 0.717) is 28.2 Å². The molecule has 0 atom stereocenters. The van der Waals surface area contributed by atoms with E-state index in [2.05, 4.69) is 0 Å². The minimum absolute atomic E-state index is 0.0319. The first-order valence-electron chi connectivity index (χ1n) is 6.47. The Morgan fingerprint density at radius 1 is 1.24 bits per heavy atom. The standard InChI is InChI=1S/C15H16O5S/c1-4-5-21-15(17)11-8-10-12(19-3)6-9(18-2)7-13(10)20-14(11)16/h6-8H,4-5H2,1-3H3. The van der Waals surface area contributed by atoms with Crippen LogP contribution >= 0.6 is 11.8 Å². The van der Waals surface area contributed by atoms with Crippen LogP contribution in [0.3, 0.4) is 0 Å². The normalized spacial score (nSPS) is 10.6. The van der Waals surface area contributed by atoms with Gasteiger partial charge in [0.15, 0.2) is 0 Å². The number of carbonyl (C=O) groups excluding carboxylic acids is 1. The SMILES string of the molecule is CCCSC(=O)c1cc2c(OC)cc(OC)cc2oc1=O. The van der Waals surface area contributed by atoms with Crippen LogP contribution < -0.4 is 15.1 Å². The molecule has 0 aliphatic carbocycles. The Morgan fingerprint density at radius 2 is 2.00 bits per heavy atom. The first-order chi connectivity index (χ1) is 10.1. The van der Waals surface area contributed by atoms with Crippen LogP contribution in [0.5, 0.6) is 11.5 Å². The van der Waals surface area contributed by atoms with Gasteiger partial charge in [-0.05, 0) is 12.5 Å². The first kappa shape index (κ1) is 15.4. The van der Waals surface area contributed by atoms with Crippen molar-refractivity contribution >= 4 is 27.8 Å². The lowest BCUT2D eigenvalue weighted by atomic mass is 10.1. The van der Waals surface area contributed by atoms with Crippen molar-refractivity contribution in [3.05, 3.63) is 34.2 Å². The summed E-state index contributed by atoms with van der Waals surface area (Å²) in [6, 6.07) is 4.78. The third-order valence-electron chi connectivity index (χ3n) is 2.90. The molecule has 0 bridgehead atoms. The average molecular weight is 308 g/mol. The summed E-state index contributed by atoms with van der Waals surface area (Å²) in [5.41, 5.74) is -0.288. The van der Waals surface area contributed by atoms with Crippen LogP contribution in [-0.4, -0.2) is 25.1 Å². The molecular weight excluding hydrogens is 292 g/mol. The molecule has 0 N–H and O–H groups in total. The second-order valence-electron chi connectivity index (χ2n) is 4.32. The van der Waals surface area contributed by atoms with E-state index in [1.165, 1.54) is 20.3 Å². The molecule has 0 amide bonds. The molecule has 0 fully saturated rings. The third-order valence-corrected chi connectivity index (χ3v) is 4.00. The molecule has 0 saturated carbocycles. The van der Waals surface area contributed by atoms with Gasteiger partial charge in [-0.15, -0.1) is 0 Å². The van der Waals surface area contributed by atoms with Crippen molar-refractivity contribution in [2.24, 2.45) is 0 Å². The summed E-state index contributed by atoms with van der Waals surface area (Å²) < 4.78 is 15.6. The Kier molecular flexibility index (Phi) is 4.90. The Bertz CT molecular complexity index is 720. The van der Waals surface area contributed by atoms with E-state index in [1.54, 1.807) is 12.1 Å². The Labute approximate surface area is 126 Å². The van der Waals surface area contributed by atoms with Gasteiger partial charge in [-0.2, -0.15) is 0 Å². The van der Waals surface area contributed by atoms with Gasteiger partial charge in [-0.25, -0.2) is 4.79 Å². The zero-order valence-electron chi connectivity index (χ0n) is 12.1. The molecule has 21 heavy (non-hydrogen) atoms. The summed E-state index contributed by atoms with van der Waals surface area (Å²) >= 11 is 1.11. The van der Waals surface area contributed by atoms with Gasteiger partial charge in [0.1, 0.15) is 22.6 Å². The highest BCUT2D eigenvalue weighted by molar-refractivity contribution is 8.14. The second-order valence-corrected chi connectivity index (χ2v) is 5.39. The summed E-state index contributed by atoms with van der Waals surface area (Å²) in [4.78, 5) is 24.0. The molecule has 2 rings (SSSR count). The van der Waals surface area contributed by atoms with Crippen LogP contribution in [0.25, 0.3) is 11.0 Å². The molecule has 1 aromatic carbocycles. The second kappa shape index (κ2) is 6.67. The van der Waals surface area contributed by atoms with Crippen LogP contribution in [0.4, 0.5) is 0 Å². The number of ether oxygens (including phenoxy) is 2. The van der Waals surface area contributed by atoms with Crippen LogP contribution in [-0.2, 0) is 0 Å². The van der Waals surface area contributed by atoms with E-state index in [4.69, 9.17) is 13.9 Å². The lowest BCUT2D eigenvalue weighted by molar-refractivity contribution is 0.108. The Morgan fingerprint density at radius 3 is 2.62 bits per heavy atom. The maximum absolute atomic E-state index is 12.0. The lowest BCUT2D eigenvalue weighted by Crippen LogP contribution is -2.12. The number of methoxy groups -OCH3 is 2. The maximum atomic E-state index is 12.0. The van der Waals surface area contributed by atoms with Gasteiger partial charge in [-0.3, -0.25) is 4.79 Å². The number of thioether (sulfide) groups is 1. The maximum Gasteiger partial charge on any atom is 0.348 e. The first-order valence-corrected chi connectivity index (χ1v) is 7.46. The van der Waals surface area contributed by atoms with Crippen LogP contribution in [0.2, 0.25) is 0 Å². The van der Waals surface area contributed by atoms with Gasteiger partial charge in [-0.1, -0.05) is 18.7 Å². The quantitative estimate of drug-likeness (QED) is 0.791. The van der Waals surface area contributed by atoms with Gasteiger partial charge in [0.25, 0.3) is 0 Å². The van der Waals surface area contributed by atoms with Gasteiger partial charge in [0.05, 0.1) is 19.6 Å². The molecule has 0 radical (unpaired) electrons. The Balaban J connectivity index is 2.58. The molecule has 1 aromatic heterocycles. The Hall–Kier alpha value is -1.95. The summed E-state index contributed by atoms with van der Waals surface area (Å²) in [5.74, 6) is 1.67. The van der Waals surface area contributed by atoms with Crippen molar-refractivity contribution in [3.8, 4) is 11.5 Å². The zero-order chi connectivity index (χ0) is 15.4. The van der Waals surface area contributed by atoms with Crippen LogP contribution in [0.1, 0.15) is 23.7 Å². The molecule has 0 unspecified atom stereocenters. The van der Waals surface area contributed by atoms with Crippen molar-refractivity contribution in [2.45, 2.75) is 13.3 Å². The van der Waals surface area contributed by atoms with Crippen LogP contribution in [0.15, 0.2) is 27.4 Å². The largest absolute Gasteiger partial charge is 0.496 e. The number of benzene rings is 1. The molecular formula is C15H16O5S. The topological polar surface area (TPSA) is 65.7 Å². The summed E-state index contributed by atoms with van der Waals surface area (Å²) in [6.45, 7) is 1.97. The molecule has 1 heterocycles. The van der Waals surface area contributed by atoms with E-state index in [-0.39, 0.29) is 10.7 Å². The summed E-state index contributed by atoms with van der Waals surface area (Å²) in [7, 11) is 3.02. The van der Waals surface area contributed by atoms with Crippen molar-refractivity contribution < 1.29 is 18.7 Å². The van der Waals surface area contributed by atoms with Crippen molar-refractivity contribution in [1.29, 1.82) is 0 Å². The predicted molar refractivity (Wildman–Crippen MR) is 82.7 cm³/mol. The smallest absolute Gasteiger partial charge is 0.348 e. The number of hydrogen-bond donors (Lipinski definition) is 0. The molecule has 6 heteroatoms. The van der Waals surface area contributed by atoms with E-state index in [9.17, 15) is 9.59 Å². The number of hydrogen-bond acceptors (Lipinski definition) is 6. The van der Waals surface area contributed by atoms with E-state index < -0.39 is 5.63 Å². The fourth-order valence-corrected chi connectivity index (χ4v) is 2.55. The highest BCUT2D eigenvalue weighted by Gasteiger charge is 2.16. The predicted octanol–water partition coefficient (Wildman–Crippen LogP) is 3.09. The molecule has 0 spiro atoms. The van der Waals surface area contributed by atoms with E-state index in [1.807, 2.05) is 6.92 Å². The summed E-state index contributed by atoms with van der Waals surface area (Å²) in [6.07, 6.45) is 0.857. The fourth-order valence-electron chi connectivity index (χ4n) is 1.86. The molecule has 0 aliphatic rings. The van der Waals surface area contributed by atoms with E-state index in [0.717, 1.165) is 18.2 Å². The molecule has 112 valence electrons. The minimum atomic E-state index is -0.647. The molecule has 0 aliphatic heterocycles. The average Bonchev–Trinajstić information content (AvgIpc) is 2.50. The highest BCUT2D eigenvalue weighted by Crippen LogP contribution is 2.31. The van der Waals surface area contributed by atoms with Crippen molar-refractivity contribution in [1.82, 2.24) is 0 Å². The van der Waals surface area contributed by atoms with Gasteiger partial charge in [0.2, 0.25) is 5.12 Å². The zero-order valence-corrected chi connectivity index (χ0v) is 12.9. The number of fused-ring (bicyclic) bond motifs is 1. The fraction of sp³-hybridized carbons (Fsp3) is 0.333. The number of rotatable bonds is 5. The number of carbonyl (C=O) groups is 1. The van der Waals surface area contributed by atoms with Gasteiger partial charge >= 0.3 is 5.63 Å². The van der Waals surface area contributed by atoms with Crippen molar-refractivity contribution in [3.63, 3.8) is 0 Å².